The van der Waals surface area contributed by atoms with Crippen LogP contribution in [0.4, 0.5) is 4.79 Å². The van der Waals surface area contributed by atoms with Gasteiger partial charge in [-0.25, -0.2) is 9.59 Å². The summed E-state index contributed by atoms with van der Waals surface area (Å²) in [5, 5.41) is 11.9. The first kappa shape index (κ1) is 23.2. The van der Waals surface area contributed by atoms with Crippen molar-refractivity contribution in [3.05, 3.63) is 0 Å². The van der Waals surface area contributed by atoms with Crippen LogP contribution in [-0.2, 0) is 14.3 Å². The van der Waals surface area contributed by atoms with Gasteiger partial charge in [-0.3, -0.25) is 9.69 Å². The van der Waals surface area contributed by atoms with E-state index < -0.39 is 35.7 Å². The molecule has 0 rings (SSSR count). The van der Waals surface area contributed by atoms with Crippen molar-refractivity contribution in [1.82, 2.24) is 10.2 Å². The molecule has 2 atom stereocenters. The number of carboxylic acid groups (broad SMARTS) is 1. The number of hydrogen-bond acceptors (Lipinski definition) is 4. The molecule has 0 aliphatic heterocycles. The Morgan fingerprint density at radius 2 is 1.52 bits per heavy atom. The fraction of sp³-hybridized carbons (Fsp3) is 0.833. The van der Waals surface area contributed by atoms with E-state index in [0.29, 0.717) is 12.8 Å². The highest BCUT2D eigenvalue weighted by Gasteiger charge is 2.33. The first-order chi connectivity index (χ1) is 11.2. The summed E-state index contributed by atoms with van der Waals surface area (Å²) in [6.45, 7) is 12.9. The molecule has 0 aliphatic carbocycles. The van der Waals surface area contributed by atoms with Gasteiger partial charge in [-0.2, -0.15) is 0 Å². The van der Waals surface area contributed by atoms with Crippen molar-refractivity contribution in [3.8, 4) is 0 Å². The van der Waals surface area contributed by atoms with E-state index in [0.717, 1.165) is 0 Å². The Balaban J connectivity index is 5.26. The summed E-state index contributed by atoms with van der Waals surface area (Å²) in [5.74, 6) is -1.29. The zero-order valence-electron chi connectivity index (χ0n) is 16.8. The predicted octanol–water partition coefficient (Wildman–Crippen LogP) is 2.88. The van der Waals surface area contributed by atoms with Crippen molar-refractivity contribution in [1.29, 1.82) is 0 Å². The second-order valence-electron chi connectivity index (χ2n) is 8.27. The number of hydrogen-bond donors (Lipinski definition) is 2. The van der Waals surface area contributed by atoms with Gasteiger partial charge in [0.2, 0.25) is 5.91 Å². The third kappa shape index (κ3) is 9.31. The molecular formula is C18H34N2O5. The second-order valence-corrected chi connectivity index (χ2v) is 8.27. The first-order valence-corrected chi connectivity index (χ1v) is 8.73. The van der Waals surface area contributed by atoms with Gasteiger partial charge in [0.25, 0.3) is 0 Å². The van der Waals surface area contributed by atoms with Crippen molar-refractivity contribution in [2.24, 2.45) is 11.8 Å². The van der Waals surface area contributed by atoms with Gasteiger partial charge in [0, 0.05) is 7.05 Å². The van der Waals surface area contributed by atoms with Crippen LogP contribution in [0.3, 0.4) is 0 Å². The van der Waals surface area contributed by atoms with Crippen LogP contribution >= 0.6 is 0 Å². The number of nitrogens with one attached hydrogen (secondary N) is 1. The number of ether oxygens (including phenoxy) is 1. The SMILES string of the molecule is CC(C)C[C@H](C(=O)N[C@H](CC(C)C)C(=O)O)N(C)C(=O)OC(C)(C)C. The third-order valence-corrected chi connectivity index (χ3v) is 3.47. The van der Waals surface area contributed by atoms with E-state index in [1.165, 1.54) is 11.9 Å². The molecule has 2 N–H and O–H groups in total. The molecule has 0 aromatic heterocycles. The fourth-order valence-electron chi connectivity index (χ4n) is 2.31. The van der Waals surface area contributed by atoms with E-state index >= 15 is 0 Å². The minimum Gasteiger partial charge on any atom is -0.480 e. The van der Waals surface area contributed by atoms with E-state index in [2.05, 4.69) is 5.32 Å². The lowest BCUT2D eigenvalue weighted by Gasteiger charge is -2.31. The standard InChI is InChI=1S/C18H34N2O5/c1-11(2)9-13(16(22)23)19-15(21)14(10-12(3)4)20(8)17(24)25-18(5,6)7/h11-14H,9-10H2,1-8H3,(H,19,21)(H,22,23)/t13-,14-/m1/s1. The molecule has 0 aromatic carbocycles. The number of aliphatic carboxylic acids is 1. The Labute approximate surface area is 151 Å². The monoisotopic (exact) mass is 358 g/mol. The molecule has 2 amide bonds. The topological polar surface area (TPSA) is 95.9 Å². The van der Waals surface area contributed by atoms with Crippen LogP contribution in [0.2, 0.25) is 0 Å². The van der Waals surface area contributed by atoms with E-state index in [1.54, 1.807) is 20.8 Å². The van der Waals surface area contributed by atoms with Gasteiger partial charge in [-0.05, 0) is 45.4 Å². The van der Waals surface area contributed by atoms with Gasteiger partial charge < -0.3 is 15.2 Å². The number of carbonyl (C=O) groups is 3. The van der Waals surface area contributed by atoms with Crippen LogP contribution in [0.5, 0.6) is 0 Å². The molecule has 7 heteroatoms. The number of nitrogens with zero attached hydrogens (tertiary/aromatic N) is 1. The van der Waals surface area contributed by atoms with Crippen LogP contribution in [0, 0.1) is 11.8 Å². The lowest BCUT2D eigenvalue weighted by Crippen LogP contribution is -2.53. The van der Waals surface area contributed by atoms with Gasteiger partial charge >= 0.3 is 12.1 Å². The van der Waals surface area contributed by atoms with Crippen molar-refractivity contribution in [3.63, 3.8) is 0 Å². The maximum atomic E-state index is 12.7. The zero-order chi connectivity index (χ0) is 19.9. The predicted molar refractivity (Wildman–Crippen MR) is 96.3 cm³/mol. The molecule has 0 saturated heterocycles. The molecule has 0 bridgehead atoms. The lowest BCUT2D eigenvalue weighted by molar-refractivity contribution is -0.143. The molecule has 7 nitrogen and oxygen atoms in total. The Hall–Kier alpha value is -1.79. The van der Waals surface area contributed by atoms with Gasteiger partial charge in [0.1, 0.15) is 17.7 Å². The molecule has 0 saturated carbocycles. The van der Waals surface area contributed by atoms with Gasteiger partial charge in [0.05, 0.1) is 0 Å². The Morgan fingerprint density at radius 1 is 1.04 bits per heavy atom. The Morgan fingerprint density at radius 3 is 1.88 bits per heavy atom. The summed E-state index contributed by atoms with van der Waals surface area (Å²) in [4.78, 5) is 37.6. The molecular weight excluding hydrogens is 324 g/mol. The molecule has 0 heterocycles. The normalized spacial score (nSPS) is 14.2. The average Bonchev–Trinajstić information content (AvgIpc) is 2.40. The summed E-state index contributed by atoms with van der Waals surface area (Å²) in [6, 6.07) is -1.77. The van der Waals surface area contributed by atoms with Crippen LogP contribution < -0.4 is 5.32 Å². The summed E-state index contributed by atoms with van der Waals surface area (Å²) in [6.07, 6.45) is 0.130. The minimum absolute atomic E-state index is 0.119. The first-order valence-electron chi connectivity index (χ1n) is 8.73. The average molecular weight is 358 g/mol. The number of amides is 2. The van der Waals surface area contributed by atoms with Crippen LogP contribution in [-0.4, -0.2) is 52.7 Å². The van der Waals surface area contributed by atoms with Crippen LogP contribution in [0.25, 0.3) is 0 Å². The highest BCUT2D eigenvalue weighted by Crippen LogP contribution is 2.16. The van der Waals surface area contributed by atoms with E-state index in [-0.39, 0.29) is 11.8 Å². The number of carbonyl (C=O) groups excluding carboxylic acids is 2. The maximum absolute atomic E-state index is 12.7. The number of carboxylic acids is 1. The third-order valence-electron chi connectivity index (χ3n) is 3.47. The molecule has 0 fully saturated rings. The molecule has 0 aromatic rings. The summed E-state index contributed by atoms with van der Waals surface area (Å²) >= 11 is 0. The minimum atomic E-state index is -1.08. The lowest BCUT2D eigenvalue weighted by atomic mass is 10.00. The van der Waals surface area contributed by atoms with Crippen LogP contribution in [0.1, 0.15) is 61.3 Å². The van der Waals surface area contributed by atoms with Crippen molar-refractivity contribution < 1.29 is 24.2 Å². The Kier molecular flexibility index (Phi) is 8.94. The molecule has 0 radical (unpaired) electrons. The molecule has 25 heavy (non-hydrogen) atoms. The summed E-state index contributed by atoms with van der Waals surface area (Å²) < 4.78 is 5.32. The quantitative estimate of drug-likeness (QED) is 0.695. The number of rotatable bonds is 8. The van der Waals surface area contributed by atoms with Crippen molar-refractivity contribution in [2.45, 2.75) is 79.0 Å². The van der Waals surface area contributed by atoms with Gasteiger partial charge in [-0.15, -0.1) is 0 Å². The van der Waals surface area contributed by atoms with E-state index in [4.69, 9.17) is 4.74 Å². The molecule has 0 spiro atoms. The number of likely N-dealkylation sites (N-methyl/N-ethyl adjacent to an activating group) is 1. The zero-order valence-corrected chi connectivity index (χ0v) is 16.8. The van der Waals surface area contributed by atoms with Crippen molar-refractivity contribution >= 4 is 18.0 Å². The van der Waals surface area contributed by atoms with Crippen molar-refractivity contribution in [2.75, 3.05) is 7.05 Å². The highest BCUT2D eigenvalue weighted by molar-refractivity contribution is 5.89. The summed E-state index contributed by atoms with van der Waals surface area (Å²) in [7, 11) is 1.50. The van der Waals surface area contributed by atoms with Gasteiger partial charge in [0.15, 0.2) is 0 Å². The largest absolute Gasteiger partial charge is 0.480 e. The summed E-state index contributed by atoms with van der Waals surface area (Å²) in [5.41, 5.74) is -0.675. The maximum Gasteiger partial charge on any atom is 0.410 e. The molecule has 0 aliphatic rings. The van der Waals surface area contributed by atoms with Crippen LogP contribution in [0.15, 0.2) is 0 Å². The molecule has 0 unspecified atom stereocenters. The highest BCUT2D eigenvalue weighted by atomic mass is 16.6. The van der Waals surface area contributed by atoms with E-state index in [1.807, 2.05) is 27.7 Å². The Bertz CT molecular complexity index is 469. The van der Waals surface area contributed by atoms with E-state index in [9.17, 15) is 19.5 Å². The fourth-order valence-corrected chi connectivity index (χ4v) is 2.31. The van der Waals surface area contributed by atoms with Gasteiger partial charge in [-0.1, -0.05) is 27.7 Å². The smallest absolute Gasteiger partial charge is 0.410 e. The second kappa shape index (κ2) is 9.63. The molecule has 146 valence electrons.